The number of amides is 2. The lowest BCUT2D eigenvalue weighted by Gasteiger charge is -2.36. The number of methoxy groups -OCH3 is 1. The number of nitrogens with zero attached hydrogens (tertiary/aromatic N) is 2. The molecule has 2 amide bonds. The van der Waals surface area contributed by atoms with Crippen LogP contribution in [0.1, 0.15) is 37.7 Å². The van der Waals surface area contributed by atoms with Crippen molar-refractivity contribution in [2.24, 2.45) is 0 Å². The van der Waals surface area contributed by atoms with Crippen molar-refractivity contribution in [2.45, 2.75) is 37.5 Å². The van der Waals surface area contributed by atoms with Crippen molar-refractivity contribution < 1.29 is 14.3 Å². The summed E-state index contributed by atoms with van der Waals surface area (Å²) in [6.45, 7) is 3.48. The Bertz CT molecular complexity index is 917. The first-order valence-electron chi connectivity index (χ1n) is 11.6. The van der Waals surface area contributed by atoms with E-state index in [0.717, 1.165) is 63.2 Å². The van der Waals surface area contributed by atoms with Crippen LogP contribution >= 0.6 is 0 Å². The molecule has 2 aromatic rings. The van der Waals surface area contributed by atoms with Crippen LogP contribution in [0.5, 0.6) is 5.75 Å². The van der Waals surface area contributed by atoms with Gasteiger partial charge in [0.1, 0.15) is 5.75 Å². The molecule has 1 heterocycles. The standard InChI is InChI=1S/C26H33N3O3/c1-32-23-11-7-8-21(20-23)26(13-5-6-14-26)25(31)27-15-12-24(30)29-18-16-28(17-19-29)22-9-3-2-4-10-22/h2-4,7-11,20H,5-6,12-19H2,1H3,(H,27,31). The van der Waals surface area contributed by atoms with Crippen LogP contribution in [0.4, 0.5) is 5.69 Å². The van der Waals surface area contributed by atoms with Crippen molar-refractivity contribution in [3.8, 4) is 5.75 Å². The highest BCUT2D eigenvalue weighted by Gasteiger charge is 2.42. The first-order chi connectivity index (χ1) is 15.6. The molecule has 0 bridgehead atoms. The molecule has 1 saturated carbocycles. The lowest BCUT2D eigenvalue weighted by molar-refractivity contribution is -0.131. The quantitative estimate of drug-likeness (QED) is 0.725. The number of benzene rings is 2. The first-order valence-corrected chi connectivity index (χ1v) is 11.6. The molecule has 2 aromatic carbocycles. The monoisotopic (exact) mass is 435 g/mol. The average Bonchev–Trinajstić information content (AvgIpc) is 3.36. The van der Waals surface area contributed by atoms with Crippen LogP contribution in [0.3, 0.4) is 0 Å². The lowest BCUT2D eigenvalue weighted by atomic mass is 9.78. The van der Waals surface area contributed by atoms with E-state index in [4.69, 9.17) is 4.74 Å². The molecule has 0 radical (unpaired) electrons. The summed E-state index contributed by atoms with van der Waals surface area (Å²) in [6, 6.07) is 18.1. The number of para-hydroxylation sites is 1. The lowest BCUT2D eigenvalue weighted by Crippen LogP contribution is -2.49. The van der Waals surface area contributed by atoms with Crippen LogP contribution in [0.25, 0.3) is 0 Å². The molecule has 0 aromatic heterocycles. The third kappa shape index (κ3) is 4.74. The van der Waals surface area contributed by atoms with Gasteiger partial charge in [0.2, 0.25) is 11.8 Å². The number of ether oxygens (including phenoxy) is 1. The number of carbonyl (C=O) groups is 2. The van der Waals surface area contributed by atoms with Gasteiger partial charge in [-0.3, -0.25) is 9.59 Å². The summed E-state index contributed by atoms with van der Waals surface area (Å²) in [7, 11) is 1.64. The van der Waals surface area contributed by atoms with Gasteiger partial charge in [-0.15, -0.1) is 0 Å². The number of hydrogen-bond acceptors (Lipinski definition) is 4. The van der Waals surface area contributed by atoms with Crippen molar-refractivity contribution in [1.29, 1.82) is 0 Å². The molecule has 2 fully saturated rings. The summed E-state index contributed by atoms with van der Waals surface area (Å²) in [4.78, 5) is 30.2. The maximum Gasteiger partial charge on any atom is 0.230 e. The van der Waals surface area contributed by atoms with Gasteiger partial charge < -0.3 is 19.9 Å². The van der Waals surface area contributed by atoms with E-state index in [1.807, 2.05) is 47.4 Å². The van der Waals surface area contributed by atoms with Crippen LogP contribution in [0.15, 0.2) is 54.6 Å². The third-order valence-corrected chi connectivity index (χ3v) is 6.89. The molecule has 2 aliphatic rings. The second kappa shape index (κ2) is 10.1. The molecule has 1 aliphatic carbocycles. The molecule has 170 valence electrons. The minimum Gasteiger partial charge on any atom is -0.497 e. The second-order valence-electron chi connectivity index (χ2n) is 8.73. The molecule has 4 rings (SSSR count). The number of hydrogen-bond donors (Lipinski definition) is 1. The molecule has 6 heteroatoms. The zero-order chi connectivity index (χ0) is 22.4. The fraction of sp³-hybridized carbons (Fsp3) is 0.462. The fourth-order valence-electron chi connectivity index (χ4n) is 5.01. The Morgan fingerprint density at radius 2 is 1.69 bits per heavy atom. The Balaban J connectivity index is 1.29. The number of anilines is 1. The number of nitrogens with one attached hydrogen (secondary N) is 1. The van der Waals surface area contributed by atoms with Gasteiger partial charge in [0, 0.05) is 44.8 Å². The topological polar surface area (TPSA) is 61.9 Å². The van der Waals surface area contributed by atoms with Gasteiger partial charge >= 0.3 is 0 Å². The average molecular weight is 436 g/mol. The molecular weight excluding hydrogens is 402 g/mol. The smallest absolute Gasteiger partial charge is 0.230 e. The van der Waals surface area contributed by atoms with E-state index in [1.165, 1.54) is 5.69 Å². The molecule has 6 nitrogen and oxygen atoms in total. The van der Waals surface area contributed by atoms with Crippen molar-refractivity contribution in [3.05, 3.63) is 60.2 Å². The summed E-state index contributed by atoms with van der Waals surface area (Å²) < 4.78 is 5.37. The van der Waals surface area contributed by atoms with Crippen LogP contribution in [-0.4, -0.2) is 56.5 Å². The minimum atomic E-state index is -0.515. The van der Waals surface area contributed by atoms with Gasteiger partial charge in [0.05, 0.1) is 12.5 Å². The summed E-state index contributed by atoms with van der Waals surface area (Å²) in [6.07, 6.45) is 4.08. The minimum absolute atomic E-state index is 0.0324. The van der Waals surface area contributed by atoms with Crippen molar-refractivity contribution in [2.75, 3.05) is 44.7 Å². The molecule has 1 saturated heterocycles. The van der Waals surface area contributed by atoms with E-state index in [2.05, 4.69) is 22.3 Å². The predicted octanol–water partition coefficient (Wildman–Crippen LogP) is 3.36. The maximum atomic E-state index is 13.2. The largest absolute Gasteiger partial charge is 0.497 e. The van der Waals surface area contributed by atoms with Gasteiger partial charge in [-0.1, -0.05) is 43.2 Å². The van der Waals surface area contributed by atoms with Crippen LogP contribution in [0, 0.1) is 0 Å². The number of carbonyl (C=O) groups excluding carboxylic acids is 2. The van der Waals surface area contributed by atoms with E-state index in [-0.39, 0.29) is 11.8 Å². The molecular formula is C26H33N3O3. The highest BCUT2D eigenvalue weighted by Crippen LogP contribution is 2.42. The van der Waals surface area contributed by atoms with Crippen LogP contribution in [-0.2, 0) is 15.0 Å². The van der Waals surface area contributed by atoms with E-state index in [0.29, 0.717) is 13.0 Å². The highest BCUT2D eigenvalue weighted by atomic mass is 16.5. The highest BCUT2D eigenvalue weighted by molar-refractivity contribution is 5.89. The van der Waals surface area contributed by atoms with Crippen molar-refractivity contribution >= 4 is 17.5 Å². The summed E-state index contributed by atoms with van der Waals surface area (Å²) in [5, 5.41) is 3.07. The van der Waals surface area contributed by atoms with E-state index in [1.54, 1.807) is 7.11 Å². The Morgan fingerprint density at radius 1 is 0.969 bits per heavy atom. The van der Waals surface area contributed by atoms with Crippen LogP contribution in [0.2, 0.25) is 0 Å². The fourth-order valence-corrected chi connectivity index (χ4v) is 5.01. The number of rotatable bonds is 7. The first kappa shape index (κ1) is 22.2. The summed E-state index contributed by atoms with van der Waals surface area (Å²) in [5.41, 5.74) is 1.69. The Labute approximate surface area is 190 Å². The number of piperazine rings is 1. The SMILES string of the molecule is COc1cccc(C2(C(=O)NCCC(=O)N3CCN(c4ccccc4)CC3)CCCC2)c1. The van der Waals surface area contributed by atoms with Crippen molar-refractivity contribution in [1.82, 2.24) is 10.2 Å². The molecule has 32 heavy (non-hydrogen) atoms. The van der Waals surface area contributed by atoms with Crippen molar-refractivity contribution in [3.63, 3.8) is 0 Å². The van der Waals surface area contributed by atoms with E-state index < -0.39 is 5.41 Å². The third-order valence-electron chi connectivity index (χ3n) is 6.89. The van der Waals surface area contributed by atoms with Gasteiger partial charge in [0.25, 0.3) is 0 Å². The molecule has 0 atom stereocenters. The second-order valence-corrected chi connectivity index (χ2v) is 8.73. The molecule has 0 spiro atoms. The molecule has 1 aliphatic heterocycles. The van der Waals surface area contributed by atoms with Gasteiger partial charge in [-0.05, 0) is 42.7 Å². The normalized spacial score (nSPS) is 17.8. The molecule has 1 N–H and O–H groups in total. The summed E-state index contributed by atoms with van der Waals surface area (Å²) in [5.74, 6) is 0.913. The van der Waals surface area contributed by atoms with Gasteiger partial charge in [-0.2, -0.15) is 0 Å². The zero-order valence-electron chi connectivity index (χ0n) is 18.9. The Kier molecular flexibility index (Phi) is 6.98. The Hall–Kier alpha value is -3.02. The predicted molar refractivity (Wildman–Crippen MR) is 126 cm³/mol. The van der Waals surface area contributed by atoms with Gasteiger partial charge in [-0.25, -0.2) is 0 Å². The Morgan fingerprint density at radius 3 is 2.38 bits per heavy atom. The van der Waals surface area contributed by atoms with Gasteiger partial charge in [0.15, 0.2) is 0 Å². The zero-order valence-corrected chi connectivity index (χ0v) is 18.9. The molecule has 0 unspecified atom stereocenters. The maximum absolute atomic E-state index is 13.2. The van der Waals surface area contributed by atoms with E-state index >= 15 is 0 Å². The van der Waals surface area contributed by atoms with E-state index in [9.17, 15) is 9.59 Å². The summed E-state index contributed by atoms with van der Waals surface area (Å²) >= 11 is 0. The van der Waals surface area contributed by atoms with Crippen LogP contribution < -0.4 is 15.0 Å².